The Hall–Kier alpha value is -2.28. The Morgan fingerprint density at radius 1 is 1.29 bits per heavy atom. The van der Waals surface area contributed by atoms with Gasteiger partial charge in [-0.15, -0.1) is 11.3 Å². The molecule has 0 saturated carbocycles. The molecule has 0 saturated heterocycles. The highest BCUT2D eigenvalue weighted by Crippen LogP contribution is 2.18. The Morgan fingerprint density at radius 2 is 2.12 bits per heavy atom. The maximum absolute atomic E-state index is 5.71. The van der Waals surface area contributed by atoms with Crippen molar-refractivity contribution in [1.29, 1.82) is 0 Å². The van der Waals surface area contributed by atoms with Crippen LogP contribution in [0.3, 0.4) is 0 Å². The van der Waals surface area contributed by atoms with Crippen molar-refractivity contribution in [2.24, 2.45) is 4.99 Å². The van der Waals surface area contributed by atoms with Crippen LogP contribution in [0.25, 0.3) is 0 Å². The second-order valence-corrected chi connectivity index (χ2v) is 6.33. The van der Waals surface area contributed by atoms with E-state index in [0.29, 0.717) is 19.7 Å². The summed E-state index contributed by atoms with van der Waals surface area (Å²) >= 11 is 1.67. The summed E-state index contributed by atoms with van der Waals surface area (Å²) in [7, 11) is 1.64. The van der Waals surface area contributed by atoms with Crippen LogP contribution in [0.5, 0.6) is 11.5 Å². The fourth-order valence-electron chi connectivity index (χ4n) is 1.99. The SMILES string of the molecule is CCNC(=NCc1ncc(C)s1)NCCOc1cccc(OC)c1. The molecule has 6 nitrogen and oxygen atoms in total. The highest BCUT2D eigenvalue weighted by Gasteiger charge is 2.01. The lowest BCUT2D eigenvalue weighted by molar-refractivity contribution is 0.319. The van der Waals surface area contributed by atoms with Crippen molar-refractivity contribution in [2.45, 2.75) is 20.4 Å². The van der Waals surface area contributed by atoms with Gasteiger partial charge in [-0.2, -0.15) is 0 Å². The predicted molar refractivity (Wildman–Crippen MR) is 98.2 cm³/mol. The van der Waals surface area contributed by atoms with Gasteiger partial charge in [0, 0.05) is 23.7 Å². The number of aryl methyl sites for hydroxylation is 1. The third-order valence-electron chi connectivity index (χ3n) is 3.09. The van der Waals surface area contributed by atoms with Crippen LogP contribution < -0.4 is 20.1 Å². The average Bonchev–Trinajstić information content (AvgIpc) is 3.02. The Balaban J connectivity index is 1.78. The van der Waals surface area contributed by atoms with Gasteiger partial charge < -0.3 is 20.1 Å². The standard InChI is InChI=1S/C17H24N4O2S/c1-4-18-17(21-12-16-20-11-13(2)24-16)19-8-9-23-15-7-5-6-14(10-15)22-3/h5-7,10-11H,4,8-9,12H2,1-3H3,(H2,18,19,21). The molecular formula is C17H24N4O2S. The zero-order valence-electron chi connectivity index (χ0n) is 14.3. The first kappa shape index (κ1) is 18.1. The summed E-state index contributed by atoms with van der Waals surface area (Å²) in [5.41, 5.74) is 0. The molecule has 0 unspecified atom stereocenters. The third-order valence-corrected chi connectivity index (χ3v) is 3.99. The van der Waals surface area contributed by atoms with Crippen molar-refractivity contribution >= 4 is 17.3 Å². The van der Waals surface area contributed by atoms with Crippen LogP contribution in [0, 0.1) is 6.92 Å². The number of thiazole rings is 1. The molecular weight excluding hydrogens is 324 g/mol. The molecule has 0 atom stereocenters. The highest BCUT2D eigenvalue weighted by atomic mass is 32.1. The second-order valence-electron chi connectivity index (χ2n) is 5.01. The molecule has 2 rings (SSSR count). The van der Waals surface area contributed by atoms with Gasteiger partial charge in [-0.3, -0.25) is 0 Å². The molecule has 1 aromatic carbocycles. The molecule has 0 fully saturated rings. The zero-order valence-corrected chi connectivity index (χ0v) is 15.2. The van der Waals surface area contributed by atoms with E-state index in [1.165, 1.54) is 4.88 Å². The van der Waals surface area contributed by atoms with Gasteiger partial charge in [0.1, 0.15) is 23.1 Å². The average molecular weight is 348 g/mol. The van der Waals surface area contributed by atoms with Crippen LogP contribution in [0.1, 0.15) is 16.8 Å². The van der Waals surface area contributed by atoms with E-state index in [2.05, 4.69) is 20.6 Å². The maximum Gasteiger partial charge on any atom is 0.191 e. The fourth-order valence-corrected chi connectivity index (χ4v) is 2.70. The molecule has 1 heterocycles. The van der Waals surface area contributed by atoms with E-state index < -0.39 is 0 Å². The quantitative estimate of drug-likeness (QED) is 0.436. The third kappa shape index (κ3) is 6.08. The van der Waals surface area contributed by atoms with E-state index in [1.54, 1.807) is 18.4 Å². The van der Waals surface area contributed by atoms with Crippen LogP contribution in [-0.2, 0) is 6.54 Å². The summed E-state index contributed by atoms with van der Waals surface area (Å²) in [6, 6.07) is 7.57. The van der Waals surface area contributed by atoms with Crippen molar-refractivity contribution in [3.05, 3.63) is 40.3 Å². The molecule has 0 radical (unpaired) electrons. The first-order valence-corrected chi connectivity index (χ1v) is 8.73. The summed E-state index contributed by atoms with van der Waals surface area (Å²) in [5.74, 6) is 2.34. The number of hydrogen-bond acceptors (Lipinski definition) is 5. The van der Waals surface area contributed by atoms with Crippen molar-refractivity contribution in [2.75, 3.05) is 26.8 Å². The molecule has 0 aliphatic rings. The first-order valence-electron chi connectivity index (χ1n) is 7.91. The molecule has 0 bridgehead atoms. The number of rotatable bonds is 8. The van der Waals surface area contributed by atoms with Gasteiger partial charge in [0.15, 0.2) is 5.96 Å². The van der Waals surface area contributed by atoms with E-state index in [9.17, 15) is 0 Å². The normalized spacial score (nSPS) is 11.2. The molecule has 2 aromatic rings. The van der Waals surface area contributed by atoms with E-state index in [-0.39, 0.29) is 0 Å². The minimum atomic E-state index is 0.536. The van der Waals surface area contributed by atoms with Crippen LogP contribution >= 0.6 is 11.3 Å². The number of nitrogens with one attached hydrogen (secondary N) is 2. The van der Waals surface area contributed by atoms with Crippen molar-refractivity contribution in [3.8, 4) is 11.5 Å². The number of ether oxygens (including phenoxy) is 2. The van der Waals surface area contributed by atoms with E-state index in [0.717, 1.165) is 29.0 Å². The molecule has 24 heavy (non-hydrogen) atoms. The summed E-state index contributed by atoms with van der Waals surface area (Å²) in [4.78, 5) is 10.1. The Labute approximate surface area is 146 Å². The maximum atomic E-state index is 5.71. The Kier molecular flexibility index (Phi) is 7.35. The summed E-state index contributed by atoms with van der Waals surface area (Å²) in [5, 5.41) is 7.48. The van der Waals surface area contributed by atoms with E-state index in [1.807, 2.05) is 44.3 Å². The van der Waals surface area contributed by atoms with Crippen LogP contribution in [0.4, 0.5) is 0 Å². The number of aromatic nitrogens is 1. The van der Waals surface area contributed by atoms with Gasteiger partial charge in [-0.25, -0.2) is 9.98 Å². The van der Waals surface area contributed by atoms with Crippen LogP contribution in [0.15, 0.2) is 35.5 Å². The van der Waals surface area contributed by atoms with Gasteiger partial charge >= 0.3 is 0 Å². The molecule has 1 aromatic heterocycles. The number of benzene rings is 1. The summed E-state index contributed by atoms with van der Waals surface area (Å²) in [6.07, 6.45) is 1.87. The predicted octanol–water partition coefficient (Wildman–Crippen LogP) is 2.59. The lowest BCUT2D eigenvalue weighted by Gasteiger charge is -2.12. The van der Waals surface area contributed by atoms with Gasteiger partial charge in [-0.1, -0.05) is 6.07 Å². The van der Waals surface area contributed by atoms with Crippen molar-refractivity contribution in [3.63, 3.8) is 0 Å². The van der Waals surface area contributed by atoms with Gasteiger partial charge in [0.25, 0.3) is 0 Å². The van der Waals surface area contributed by atoms with Crippen LogP contribution in [0.2, 0.25) is 0 Å². The summed E-state index contributed by atoms with van der Waals surface area (Å²) in [6.45, 7) is 6.65. The molecule has 7 heteroatoms. The smallest absolute Gasteiger partial charge is 0.191 e. The molecule has 0 aliphatic carbocycles. The van der Waals surface area contributed by atoms with Crippen molar-refractivity contribution in [1.82, 2.24) is 15.6 Å². The zero-order chi connectivity index (χ0) is 17.2. The molecule has 0 aliphatic heterocycles. The number of hydrogen-bond donors (Lipinski definition) is 2. The lowest BCUT2D eigenvalue weighted by atomic mass is 10.3. The minimum absolute atomic E-state index is 0.536. The lowest BCUT2D eigenvalue weighted by Crippen LogP contribution is -2.39. The Morgan fingerprint density at radius 3 is 2.83 bits per heavy atom. The Bertz CT molecular complexity index is 658. The molecule has 2 N–H and O–H groups in total. The second kappa shape index (κ2) is 9.77. The fraction of sp³-hybridized carbons (Fsp3) is 0.412. The van der Waals surface area contributed by atoms with E-state index >= 15 is 0 Å². The first-order chi connectivity index (χ1) is 11.7. The molecule has 130 valence electrons. The largest absolute Gasteiger partial charge is 0.497 e. The topological polar surface area (TPSA) is 67.8 Å². The van der Waals surface area contributed by atoms with Gasteiger partial charge in [0.05, 0.1) is 20.2 Å². The number of methoxy groups -OCH3 is 1. The number of aliphatic imine (C=N–C) groups is 1. The minimum Gasteiger partial charge on any atom is -0.497 e. The van der Waals surface area contributed by atoms with Crippen LogP contribution in [-0.4, -0.2) is 37.7 Å². The van der Waals surface area contributed by atoms with Gasteiger partial charge in [0.2, 0.25) is 0 Å². The molecule has 0 spiro atoms. The van der Waals surface area contributed by atoms with Crippen molar-refractivity contribution < 1.29 is 9.47 Å². The summed E-state index contributed by atoms with van der Waals surface area (Å²) < 4.78 is 10.9. The number of guanidine groups is 1. The number of nitrogens with zero attached hydrogens (tertiary/aromatic N) is 2. The monoisotopic (exact) mass is 348 g/mol. The molecule has 0 amide bonds. The van der Waals surface area contributed by atoms with E-state index in [4.69, 9.17) is 9.47 Å². The highest BCUT2D eigenvalue weighted by molar-refractivity contribution is 7.11. The van der Waals surface area contributed by atoms with Gasteiger partial charge in [-0.05, 0) is 26.0 Å².